The SMILES string of the molecule is Cc1c(C)c2c(c(C)c1O)CC(CO)CO2. The number of hydrogen-bond acceptors (Lipinski definition) is 3. The van der Waals surface area contributed by atoms with Gasteiger partial charge in [0.1, 0.15) is 11.5 Å². The number of ether oxygens (including phenoxy) is 1. The maximum atomic E-state index is 9.98. The molecule has 0 fully saturated rings. The van der Waals surface area contributed by atoms with Crippen LogP contribution in [0.4, 0.5) is 0 Å². The molecule has 0 aliphatic carbocycles. The highest BCUT2D eigenvalue weighted by Gasteiger charge is 2.25. The topological polar surface area (TPSA) is 49.7 Å². The molecule has 0 bridgehead atoms. The van der Waals surface area contributed by atoms with Crippen molar-refractivity contribution in [1.29, 1.82) is 0 Å². The summed E-state index contributed by atoms with van der Waals surface area (Å²) in [5.41, 5.74) is 3.83. The lowest BCUT2D eigenvalue weighted by atomic mass is 9.89. The van der Waals surface area contributed by atoms with Gasteiger partial charge in [-0.2, -0.15) is 0 Å². The Balaban J connectivity index is 2.56. The largest absolute Gasteiger partial charge is 0.507 e. The first-order valence-electron chi connectivity index (χ1n) is 5.61. The second-order valence-electron chi connectivity index (χ2n) is 4.60. The highest BCUT2D eigenvalue weighted by Crippen LogP contribution is 2.40. The minimum Gasteiger partial charge on any atom is -0.507 e. The van der Waals surface area contributed by atoms with Gasteiger partial charge in [-0.25, -0.2) is 0 Å². The summed E-state index contributed by atoms with van der Waals surface area (Å²) in [4.78, 5) is 0. The molecule has 0 spiro atoms. The summed E-state index contributed by atoms with van der Waals surface area (Å²) in [6, 6.07) is 0. The van der Waals surface area contributed by atoms with Crippen molar-refractivity contribution in [3.63, 3.8) is 0 Å². The predicted octanol–water partition coefficient (Wildman–Crippen LogP) is 1.86. The van der Waals surface area contributed by atoms with Gasteiger partial charge in [-0.15, -0.1) is 0 Å². The smallest absolute Gasteiger partial charge is 0.126 e. The molecule has 16 heavy (non-hydrogen) atoms. The zero-order valence-corrected chi connectivity index (χ0v) is 10.0. The molecule has 1 aliphatic rings. The molecule has 2 N–H and O–H groups in total. The molecule has 88 valence electrons. The van der Waals surface area contributed by atoms with E-state index in [1.165, 1.54) is 0 Å². The fraction of sp³-hybridized carbons (Fsp3) is 0.538. The van der Waals surface area contributed by atoms with Crippen LogP contribution in [-0.2, 0) is 6.42 Å². The third kappa shape index (κ3) is 1.55. The van der Waals surface area contributed by atoms with E-state index in [9.17, 15) is 5.11 Å². The van der Waals surface area contributed by atoms with Gasteiger partial charge in [0.05, 0.1) is 6.61 Å². The summed E-state index contributed by atoms with van der Waals surface area (Å²) >= 11 is 0. The van der Waals surface area contributed by atoms with Crippen LogP contribution in [0.3, 0.4) is 0 Å². The highest BCUT2D eigenvalue weighted by atomic mass is 16.5. The average Bonchev–Trinajstić information content (AvgIpc) is 2.33. The van der Waals surface area contributed by atoms with Crippen molar-refractivity contribution in [1.82, 2.24) is 0 Å². The highest BCUT2D eigenvalue weighted by molar-refractivity contribution is 5.58. The first-order chi connectivity index (χ1) is 7.56. The van der Waals surface area contributed by atoms with Crippen LogP contribution in [0.5, 0.6) is 11.5 Å². The molecule has 3 nitrogen and oxygen atoms in total. The van der Waals surface area contributed by atoms with Gasteiger partial charge in [0.2, 0.25) is 0 Å². The summed E-state index contributed by atoms with van der Waals surface area (Å²) in [5.74, 6) is 1.41. The fourth-order valence-electron chi connectivity index (χ4n) is 2.28. The maximum Gasteiger partial charge on any atom is 0.126 e. The molecule has 1 aromatic carbocycles. The molecule has 3 heteroatoms. The van der Waals surface area contributed by atoms with Crippen molar-refractivity contribution in [2.24, 2.45) is 5.92 Å². The first-order valence-corrected chi connectivity index (χ1v) is 5.61. The third-order valence-electron chi connectivity index (χ3n) is 3.55. The molecular formula is C13H18O3. The van der Waals surface area contributed by atoms with E-state index in [0.717, 1.165) is 34.4 Å². The number of phenolic OH excluding ortho intramolecular Hbond substituents is 1. The number of benzene rings is 1. The van der Waals surface area contributed by atoms with Crippen LogP contribution in [0.25, 0.3) is 0 Å². The van der Waals surface area contributed by atoms with Crippen LogP contribution in [0.1, 0.15) is 22.3 Å². The zero-order valence-electron chi connectivity index (χ0n) is 10.0. The quantitative estimate of drug-likeness (QED) is 0.762. The van der Waals surface area contributed by atoms with Crippen LogP contribution in [0.2, 0.25) is 0 Å². The van der Waals surface area contributed by atoms with Crippen molar-refractivity contribution < 1.29 is 14.9 Å². The molecule has 0 radical (unpaired) electrons. The van der Waals surface area contributed by atoms with E-state index < -0.39 is 0 Å². The summed E-state index contributed by atoms with van der Waals surface area (Å²) in [6.45, 7) is 6.47. The molecule has 1 atom stereocenters. The van der Waals surface area contributed by atoms with E-state index in [4.69, 9.17) is 9.84 Å². The third-order valence-corrected chi connectivity index (χ3v) is 3.55. The second-order valence-corrected chi connectivity index (χ2v) is 4.60. The van der Waals surface area contributed by atoms with Crippen LogP contribution in [-0.4, -0.2) is 23.4 Å². The van der Waals surface area contributed by atoms with Gasteiger partial charge in [0.15, 0.2) is 0 Å². The second kappa shape index (κ2) is 3.98. The standard InChI is InChI=1S/C13H18O3/c1-7-8(2)13-11(9(3)12(7)15)4-10(5-14)6-16-13/h10,14-15H,4-6H2,1-3H3. The summed E-state index contributed by atoms with van der Waals surface area (Å²) in [6.07, 6.45) is 0.784. The number of phenols is 1. The van der Waals surface area contributed by atoms with Crippen molar-refractivity contribution in [3.8, 4) is 11.5 Å². The first kappa shape index (κ1) is 11.3. The predicted molar refractivity (Wildman–Crippen MR) is 62.1 cm³/mol. The van der Waals surface area contributed by atoms with E-state index in [1.807, 2.05) is 20.8 Å². The molecule has 1 unspecified atom stereocenters. The maximum absolute atomic E-state index is 9.98. The van der Waals surface area contributed by atoms with Crippen molar-refractivity contribution in [2.45, 2.75) is 27.2 Å². The fourth-order valence-corrected chi connectivity index (χ4v) is 2.28. The van der Waals surface area contributed by atoms with Gasteiger partial charge >= 0.3 is 0 Å². The average molecular weight is 222 g/mol. The monoisotopic (exact) mass is 222 g/mol. The molecular weight excluding hydrogens is 204 g/mol. The van der Waals surface area contributed by atoms with Gasteiger partial charge in [0, 0.05) is 18.1 Å². The van der Waals surface area contributed by atoms with Crippen LogP contribution < -0.4 is 4.74 Å². The van der Waals surface area contributed by atoms with Gasteiger partial charge < -0.3 is 14.9 Å². The summed E-state index contributed by atoms with van der Waals surface area (Å²) in [7, 11) is 0. The van der Waals surface area contributed by atoms with Gasteiger partial charge in [-0.1, -0.05) is 0 Å². The zero-order chi connectivity index (χ0) is 11.9. The minimum absolute atomic E-state index is 0.132. The lowest BCUT2D eigenvalue weighted by molar-refractivity contribution is 0.145. The number of hydrogen-bond donors (Lipinski definition) is 2. The van der Waals surface area contributed by atoms with E-state index in [0.29, 0.717) is 12.4 Å². The van der Waals surface area contributed by atoms with Crippen LogP contribution in [0.15, 0.2) is 0 Å². The Morgan fingerprint density at radius 2 is 1.88 bits per heavy atom. The Hall–Kier alpha value is -1.22. The number of rotatable bonds is 1. The Morgan fingerprint density at radius 1 is 1.19 bits per heavy atom. The molecule has 0 amide bonds. The lowest BCUT2D eigenvalue weighted by Gasteiger charge is -2.28. The molecule has 0 saturated carbocycles. The van der Waals surface area contributed by atoms with Gasteiger partial charge in [-0.05, 0) is 43.9 Å². The van der Waals surface area contributed by atoms with Crippen LogP contribution >= 0.6 is 0 Å². The van der Waals surface area contributed by atoms with E-state index in [1.54, 1.807) is 0 Å². The van der Waals surface area contributed by atoms with Gasteiger partial charge in [-0.3, -0.25) is 0 Å². The normalized spacial score (nSPS) is 19.1. The Bertz CT molecular complexity index is 424. The number of aromatic hydroxyl groups is 1. The number of aliphatic hydroxyl groups is 1. The van der Waals surface area contributed by atoms with Crippen LogP contribution in [0, 0.1) is 26.7 Å². The van der Waals surface area contributed by atoms with Crippen molar-refractivity contribution in [3.05, 3.63) is 22.3 Å². The molecule has 0 aromatic heterocycles. The van der Waals surface area contributed by atoms with E-state index in [2.05, 4.69) is 0 Å². The van der Waals surface area contributed by atoms with Gasteiger partial charge in [0.25, 0.3) is 0 Å². The number of fused-ring (bicyclic) bond motifs is 1. The van der Waals surface area contributed by atoms with E-state index in [-0.39, 0.29) is 12.5 Å². The Labute approximate surface area is 95.7 Å². The molecule has 0 saturated heterocycles. The van der Waals surface area contributed by atoms with Crippen molar-refractivity contribution >= 4 is 0 Å². The molecule has 1 aliphatic heterocycles. The lowest BCUT2D eigenvalue weighted by Crippen LogP contribution is -2.25. The molecule has 1 heterocycles. The van der Waals surface area contributed by atoms with Crippen molar-refractivity contribution in [2.75, 3.05) is 13.2 Å². The summed E-state index contributed by atoms with van der Waals surface area (Å²) < 4.78 is 5.70. The van der Waals surface area contributed by atoms with E-state index >= 15 is 0 Å². The molecule has 1 aromatic rings. The minimum atomic E-state index is 0.132. The summed E-state index contributed by atoms with van der Waals surface area (Å²) in [5, 5.41) is 19.1. The molecule has 2 rings (SSSR count). The number of aliphatic hydroxyl groups excluding tert-OH is 1. The Morgan fingerprint density at radius 3 is 2.50 bits per heavy atom. The Kier molecular flexibility index (Phi) is 2.80.